The minimum absolute atomic E-state index is 0.0726. The summed E-state index contributed by atoms with van der Waals surface area (Å²) in [7, 11) is 0. The first kappa shape index (κ1) is 56.9. The molecule has 0 saturated heterocycles. The summed E-state index contributed by atoms with van der Waals surface area (Å²) in [6.07, 6.45) is 54.4. The van der Waals surface area contributed by atoms with Crippen LogP contribution in [0.25, 0.3) is 0 Å². The monoisotopic (exact) mass is 831 g/mol. The number of hydrogen-bond donors (Lipinski definition) is 0. The highest BCUT2D eigenvalue weighted by atomic mass is 16.6. The molecular weight excluding hydrogens is 733 g/mol. The van der Waals surface area contributed by atoms with E-state index in [9.17, 15) is 14.4 Å². The maximum atomic E-state index is 12.8. The lowest BCUT2D eigenvalue weighted by molar-refractivity contribution is -0.167. The predicted molar refractivity (Wildman–Crippen MR) is 252 cm³/mol. The Balaban J connectivity index is 4.32. The molecule has 0 aromatic heterocycles. The quantitative estimate of drug-likeness (QED) is 0.0263. The normalized spacial score (nSPS) is 12.1. The zero-order chi connectivity index (χ0) is 43.0. The van der Waals surface area contributed by atoms with Crippen molar-refractivity contribution in [3.8, 4) is 0 Å². The summed E-state index contributed by atoms with van der Waals surface area (Å²) in [5.41, 5.74) is 0. The zero-order valence-corrected chi connectivity index (χ0v) is 39.5. The molecule has 0 aromatic rings. The smallest absolute Gasteiger partial charge is 0.306 e. The fraction of sp³-hybridized carbons (Fsp3) is 0.868. The number of unbranched alkanes of at least 4 members (excludes halogenated alkanes) is 32. The number of ether oxygens (including phenoxy) is 3. The van der Waals surface area contributed by atoms with Gasteiger partial charge in [-0.2, -0.15) is 0 Å². The van der Waals surface area contributed by atoms with Gasteiger partial charge < -0.3 is 14.2 Å². The Labute approximate surface area is 366 Å². The highest BCUT2D eigenvalue weighted by molar-refractivity contribution is 5.71. The number of carbonyl (C=O) groups excluding carboxylic acids is 3. The highest BCUT2D eigenvalue weighted by Gasteiger charge is 2.19. The summed E-state index contributed by atoms with van der Waals surface area (Å²) < 4.78 is 16.8. The molecule has 0 heterocycles. The lowest BCUT2D eigenvalue weighted by Gasteiger charge is -2.18. The van der Waals surface area contributed by atoms with Gasteiger partial charge in [0.25, 0.3) is 0 Å². The number of hydrogen-bond acceptors (Lipinski definition) is 6. The third-order valence-corrected chi connectivity index (χ3v) is 11.4. The molecule has 0 radical (unpaired) electrons. The standard InChI is InChI=1S/C53H98O6/c1-4-7-10-13-16-19-22-24-26-27-28-30-31-34-37-40-43-46-52(55)58-49-50(48-57-51(54)45-42-39-36-33-21-18-15-12-9-6-3)59-53(56)47-44-41-38-35-32-29-25-23-20-17-14-11-8-5-2/h23-26,50H,4-22,27-49H2,1-3H3/b25-23-,26-24-/t50-/m1/s1. The van der Waals surface area contributed by atoms with E-state index >= 15 is 0 Å². The van der Waals surface area contributed by atoms with Gasteiger partial charge >= 0.3 is 17.9 Å². The van der Waals surface area contributed by atoms with Crippen LogP contribution >= 0.6 is 0 Å². The van der Waals surface area contributed by atoms with Crippen molar-refractivity contribution in [1.29, 1.82) is 0 Å². The summed E-state index contributed by atoms with van der Waals surface area (Å²) in [6, 6.07) is 0. The van der Waals surface area contributed by atoms with Gasteiger partial charge in [0, 0.05) is 19.3 Å². The van der Waals surface area contributed by atoms with Crippen LogP contribution < -0.4 is 0 Å². The molecule has 0 aliphatic heterocycles. The van der Waals surface area contributed by atoms with E-state index in [0.717, 1.165) is 64.2 Å². The van der Waals surface area contributed by atoms with Gasteiger partial charge in [-0.05, 0) is 70.6 Å². The molecule has 0 bridgehead atoms. The van der Waals surface area contributed by atoms with Crippen molar-refractivity contribution in [2.24, 2.45) is 0 Å². The van der Waals surface area contributed by atoms with Crippen LogP contribution in [0.15, 0.2) is 24.3 Å². The first-order valence-electron chi connectivity index (χ1n) is 25.8. The first-order chi connectivity index (χ1) is 29.0. The third kappa shape index (κ3) is 46.8. The summed E-state index contributed by atoms with van der Waals surface area (Å²) in [4.78, 5) is 37.9. The molecule has 1 atom stereocenters. The largest absolute Gasteiger partial charge is 0.462 e. The molecule has 0 amide bonds. The molecule has 0 fully saturated rings. The SMILES string of the molecule is CCCCCCC/C=C\CCCCCCCC(=O)O[C@@H](COC(=O)CCCCCCCCC/C=C\CCCCCCCC)COC(=O)CCCCCCCCCCCC. The van der Waals surface area contributed by atoms with E-state index in [1.807, 2.05) is 0 Å². The molecule has 0 saturated carbocycles. The van der Waals surface area contributed by atoms with E-state index in [-0.39, 0.29) is 31.1 Å². The van der Waals surface area contributed by atoms with Gasteiger partial charge in [0.2, 0.25) is 0 Å². The first-order valence-corrected chi connectivity index (χ1v) is 25.8. The lowest BCUT2D eigenvalue weighted by atomic mass is 10.1. The molecule has 59 heavy (non-hydrogen) atoms. The van der Waals surface area contributed by atoms with Crippen molar-refractivity contribution >= 4 is 17.9 Å². The van der Waals surface area contributed by atoms with Crippen molar-refractivity contribution in [2.75, 3.05) is 13.2 Å². The zero-order valence-electron chi connectivity index (χ0n) is 39.5. The maximum absolute atomic E-state index is 12.8. The van der Waals surface area contributed by atoms with E-state index in [1.165, 1.54) is 173 Å². The second-order valence-corrected chi connectivity index (χ2v) is 17.4. The summed E-state index contributed by atoms with van der Waals surface area (Å²) in [5.74, 6) is -0.876. The van der Waals surface area contributed by atoms with Crippen LogP contribution in [0, 0.1) is 0 Å². The molecule has 0 rings (SSSR count). The molecule has 6 heteroatoms. The summed E-state index contributed by atoms with van der Waals surface area (Å²) in [6.45, 7) is 6.62. The second-order valence-electron chi connectivity index (χ2n) is 17.4. The topological polar surface area (TPSA) is 78.9 Å². The Kier molecular flexibility index (Phi) is 46.8. The summed E-state index contributed by atoms with van der Waals surface area (Å²) in [5, 5.41) is 0. The van der Waals surface area contributed by atoms with Crippen molar-refractivity contribution in [1.82, 2.24) is 0 Å². The number of esters is 3. The van der Waals surface area contributed by atoms with Gasteiger partial charge in [-0.1, -0.05) is 212 Å². The minimum atomic E-state index is -0.771. The molecule has 0 aromatic carbocycles. The number of allylic oxidation sites excluding steroid dienone is 4. The third-order valence-electron chi connectivity index (χ3n) is 11.4. The van der Waals surface area contributed by atoms with Crippen LogP contribution in [0.1, 0.15) is 278 Å². The van der Waals surface area contributed by atoms with E-state index in [2.05, 4.69) is 45.1 Å². The maximum Gasteiger partial charge on any atom is 0.306 e. The number of rotatable bonds is 47. The van der Waals surface area contributed by atoms with E-state index < -0.39 is 6.10 Å². The molecule has 0 aliphatic rings. The molecular formula is C53H98O6. The Bertz CT molecular complexity index is 958. The predicted octanol–water partition coefficient (Wildman–Crippen LogP) is 16.8. The molecule has 0 spiro atoms. The Morgan fingerprint density at radius 1 is 0.322 bits per heavy atom. The van der Waals surface area contributed by atoms with Crippen LogP contribution in [0.4, 0.5) is 0 Å². The molecule has 0 unspecified atom stereocenters. The van der Waals surface area contributed by atoms with Crippen LogP contribution in [0.3, 0.4) is 0 Å². The number of carbonyl (C=O) groups is 3. The van der Waals surface area contributed by atoms with E-state index in [4.69, 9.17) is 14.2 Å². The molecule has 0 aliphatic carbocycles. The van der Waals surface area contributed by atoms with Gasteiger partial charge in [-0.25, -0.2) is 0 Å². The second kappa shape index (κ2) is 48.6. The lowest BCUT2D eigenvalue weighted by Crippen LogP contribution is -2.30. The molecule has 0 N–H and O–H groups in total. The van der Waals surface area contributed by atoms with E-state index in [0.29, 0.717) is 19.3 Å². The Morgan fingerprint density at radius 3 is 0.847 bits per heavy atom. The average molecular weight is 831 g/mol. The van der Waals surface area contributed by atoms with Crippen LogP contribution in [0.5, 0.6) is 0 Å². The molecule has 6 nitrogen and oxygen atoms in total. The van der Waals surface area contributed by atoms with Crippen molar-refractivity contribution in [3.63, 3.8) is 0 Å². The van der Waals surface area contributed by atoms with Gasteiger partial charge in [-0.15, -0.1) is 0 Å². The highest BCUT2D eigenvalue weighted by Crippen LogP contribution is 2.15. The van der Waals surface area contributed by atoms with Crippen LogP contribution in [-0.2, 0) is 28.6 Å². The van der Waals surface area contributed by atoms with Crippen LogP contribution in [-0.4, -0.2) is 37.2 Å². The van der Waals surface area contributed by atoms with Crippen LogP contribution in [0.2, 0.25) is 0 Å². The van der Waals surface area contributed by atoms with Gasteiger partial charge in [0.15, 0.2) is 6.10 Å². The summed E-state index contributed by atoms with van der Waals surface area (Å²) >= 11 is 0. The Morgan fingerprint density at radius 2 is 0.559 bits per heavy atom. The van der Waals surface area contributed by atoms with Crippen molar-refractivity contribution in [2.45, 2.75) is 284 Å². The van der Waals surface area contributed by atoms with Crippen molar-refractivity contribution in [3.05, 3.63) is 24.3 Å². The Hall–Kier alpha value is -2.11. The van der Waals surface area contributed by atoms with Gasteiger partial charge in [0.1, 0.15) is 13.2 Å². The molecule has 346 valence electrons. The van der Waals surface area contributed by atoms with Crippen molar-refractivity contribution < 1.29 is 28.6 Å². The fourth-order valence-electron chi connectivity index (χ4n) is 7.49. The minimum Gasteiger partial charge on any atom is -0.462 e. The van der Waals surface area contributed by atoms with E-state index in [1.54, 1.807) is 0 Å². The fourth-order valence-corrected chi connectivity index (χ4v) is 7.49. The van der Waals surface area contributed by atoms with Gasteiger partial charge in [-0.3, -0.25) is 14.4 Å². The average Bonchev–Trinajstić information content (AvgIpc) is 3.23. The van der Waals surface area contributed by atoms with Gasteiger partial charge in [0.05, 0.1) is 0 Å².